The number of nitrogens with zero attached hydrogens (tertiary/aromatic N) is 1. The normalized spacial score (nSPS) is 10.6. The minimum atomic E-state index is -0.491. The Balaban J connectivity index is 2.50. The van der Waals surface area contributed by atoms with Crippen LogP contribution < -0.4 is 11.2 Å². The van der Waals surface area contributed by atoms with Crippen LogP contribution in [0.1, 0.15) is 5.56 Å². The molecule has 0 fully saturated rings. The molecule has 0 spiro atoms. The number of nitrogens with one attached hydrogen (secondary N) is 1. The first-order valence-corrected chi connectivity index (χ1v) is 6.46. The molecule has 0 aliphatic carbocycles. The van der Waals surface area contributed by atoms with Crippen LogP contribution in [-0.2, 0) is 6.54 Å². The van der Waals surface area contributed by atoms with Crippen molar-refractivity contribution in [1.29, 1.82) is 0 Å². The molecule has 0 unspecified atom stereocenters. The molecule has 1 heterocycles. The van der Waals surface area contributed by atoms with Gasteiger partial charge >= 0.3 is 5.69 Å². The van der Waals surface area contributed by atoms with E-state index in [2.05, 4.69) is 20.9 Å². The molecule has 0 atom stereocenters. The maximum absolute atomic E-state index is 11.8. The van der Waals surface area contributed by atoms with Crippen LogP contribution in [0.15, 0.2) is 38.5 Å². The molecule has 0 radical (unpaired) electrons. The fourth-order valence-corrected chi connectivity index (χ4v) is 2.25. The van der Waals surface area contributed by atoms with Gasteiger partial charge in [0, 0.05) is 16.2 Å². The van der Waals surface area contributed by atoms with Gasteiger partial charge in [-0.15, -0.1) is 0 Å². The smallest absolute Gasteiger partial charge is 0.313 e. The van der Waals surface area contributed by atoms with Crippen molar-refractivity contribution in [3.63, 3.8) is 0 Å². The van der Waals surface area contributed by atoms with Crippen molar-refractivity contribution in [1.82, 2.24) is 9.55 Å². The first-order valence-electron chi connectivity index (χ1n) is 4.91. The molecule has 18 heavy (non-hydrogen) atoms. The third kappa shape index (κ3) is 2.68. The van der Waals surface area contributed by atoms with Gasteiger partial charge in [0.2, 0.25) is 0 Å². The van der Waals surface area contributed by atoms with Crippen molar-refractivity contribution in [2.24, 2.45) is 0 Å². The van der Waals surface area contributed by atoms with Gasteiger partial charge in [-0.2, -0.15) is 0 Å². The molecule has 7 heteroatoms. The predicted molar refractivity (Wildman–Crippen MR) is 74.6 cm³/mol. The SMILES string of the molecule is O=c1[nH]cc(Br)c(=O)n1Cc1ccc(Cl)cc1Cl. The van der Waals surface area contributed by atoms with Crippen molar-refractivity contribution in [2.75, 3.05) is 0 Å². The van der Waals surface area contributed by atoms with Crippen LogP contribution in [0.2, 0.25) is 10.0 Å². The summed E-state index contributed by atoms with van der Waals surface area (Å²) < 4.78 is 1.34. The first-order chi connectivity index (χ1) is 8.49. The summed E-state index contributed by atoms with van der Waals surface area (Å²) >= 11 is 14.8. The van der Waals surface area contributed by atoms with E-state index >= 15 is 0 Å². The van der Waals surface area contributed by atoms with Gasteiger partial charge < -0.3 is 4.98 Å². The molecule has 2 rings (SSSR count). The average Bonchev–Trinajstić information content (AvgIpc) is 2.32. The Morgan fingerprint density at radius 1 is 1.28 bits per heavy atom. The summed E-state index contributed by atoms with van der Waals surface area (Å²) in [5.41, 5.74) is -0.259. The van der Waals surface area contributed by atoms with Gasteiger partial charge in [0.25, 0.3) is 5.56 Å². The topological polar surface area (TPSA) is 54.9 Å². The lowest BCUT2D eigenvalue weighted by Crippen LogP contribution is -2.35. The molecule has 0 amide bonds. The number of H-pyrrole nitrogens is 1. The van der Waals surface area contributed by atoms with Crippen molar-refractivity contribution < 1.29 is 0 Å². The van der Waals surface area contributed by atoms with E-state index in [1.165, 1.54) is 6.20 Å². The van der Waals surface area contributed by atoms with Gasteiger partial charge in [-0.3, -0.25) is 9.36 Å². The molecular formula is C11H7BrCl2N2O2. The summed E-state index contributed by atoms with van der Waals surface area (Å²) in [5.74, 6) is 0. The van der Waals surface area contributed by atoms with Gasteiger partial charge in [-0.05, 0) is 33.6 Å². The highest BCUT2D eigenvalue weighted by molar-refractivity contribution is 9.10. The van der Waals surface area contributed by atoms with Crippen LogP contribution in [-0.4, -0.2) is 9.55 Å². The second-order valence-corrected chi connectivity index (χ2v) is 5.27. The van der Waals surface area contributed by atoms with Crippen molar-refractivity contribution in [3.05, 3.63) is 65.3 Å². The predicted octanol–water partition coefficient (Wildman–Crippen LogP) is 2.65. The lowest BCUT2D eigenvalue weighted by molar-refractivity contribution is 0.694. The minimum Gasteiger partial charge on any atom is -0.313 e. The van der Waals surface area contributed by atoms with Crippen LogP contribution in [0, 0.1) is 0 Å². The Bertz CT molecular complexity index is 709. The van der Waals surface area contributed by atoms with Gasteiger partial charge in [0.05, 0.1) is 11.0 Å². The summed E-state index contributed by atoms with van der Waals surface area (Å²) in [6.45, 7) is 0.0869. The van der Waals surface area contributed by atoms with Crippen LogP contribution in [0.4, 0.5) is 0 Å². The quantitative estimate of drug-likeness (QED) is 0.906. The summed E-state index contributed by atoms with van der Waals surface area (Å²) in [4.78, 5) is 25.8. The third-order valence-corrected chi connectivity index (χ3v) is 3.52. The van der Waals surface area contributed by atoms with Crippen LogP contribution in [0.5, 0.6) is 0 Å². The zero-order valence-electron chi connectivity index (χ0n) is 8.91. The first kappa shape index (κ1) is 13.4. The molecular weight excluding hydrogens is 343 g/mol. The zero-order valence-corrected chi connectivity index (χ0v) is 12.0. The molecule has 2 aromatic rings. The fourth-order valence-electron chi connectivity index (χ4n) is 1.45. The van der Waals surface area contributed by atoms with Gasteiger partial charge in [-0.1, -0.05) is 29.3 Å². The molecule has 4 nitrogen and oxygen atoms in total. The number of hydrogen-bond donors (Lipinski definition) is 1. The molecule has 0 saturated carbocycles. The molecule has 1 aromatic carbocycles. The Kier molecular flexibility index (Phi) is 3.94. The molecule has 0 aliphatic heterocycles. The van der Waals surface area contributed by atoms with Crippen LogP contribution >= 0.6 is 39.1 Å². The number of aromatic amines is 1. The van der Waals surface area contributed by atoms with Crippen LogP contribution in [0.3, 0.4) is 0 Å². The van der Waals surface area contributed by atoms with E-state index in [4.69, 9.17) is 23.2 Å². The maximum Gasteiger partial charge on any atom is 0.328 e. The Labute approximate surface area is 120 Å². The number of hydrogen-bond acceptors (Lipinski definition) is 2. The summed E-state index contributed by atoms with van der Waals surface area (Å²) in [5, 5.41) is 0.910. The molecule has 0 aliphatic rings. The van der Waals surface area contributed by atoms with E-state index in [0.717, 1.165) is 4.57 Å². The summed E-state index contributed by atoms with van der Waals surface area (Å²) in [6.07, 6.45) is 1.31. The van der Waals surface area contributed by atoms with Crippen LogP contribution in [0.25, 0.3) is 0 Å². The lowest BCUT2D eigenvalue weighted by atomic mass is 10.2. The molecule has 0 saturated heterocycles. The summed E-state index contributed by atoms with van der Waals surface area (Å²) in [7, 11) is 0. The zero-order chi connectivity index (χ0) is 13.3. The largest absolute Gasteiger partial charge is 0.328 e. The highest BCUT2D eigenvalue weighted by atomic mass is 79.9. The van der Waals surface area contributed by atoms with Crippen molar-refractivity contribution in [2.45, 2.75) is 6.54 Å². The van der Waals surface area contributed by atoms with Crippen molar-refractivity contribution in [3.8, 4) is 0 Å². The standard InChI is InChI=1S/C11H7BrCl2N2O2/c12-8-4-15-11(18)16(10(8)17)5-6-1-2-7(13)3-9(6)14/h1-4H,5H2,(H,15,18). The van der Waals surface area contributed by atoms with E-state index in [1.54, 1.807) is 18.2 Å². The van der Waals surface area contributed by atoms with E-state index in [1.807, 2.05) is 0 Å². The second-order valence-electron chi connectivity index (χ2n) is 3.57. The molecule has 0 bridgehead atoms. The Morgan fingerprint density at radius 2 is 2.00 bits per heavy atom. The highest BCUT2D eigenvalue weighted by Gasteiger charge is 2.08. The lowest BCUT2D eigenvalue weighted by Gasteiger charge is -2.07. The van der Waals surface area contributed by atoms with E-state index in [-0.39, 0.29) is 11.0 Å². The number of aromatic nitrogens is 2. The fraction of sp³-hybridized carbons (Fsp3) is 0.0909. The van der Waals surface area contributed by atoms with Gasteiger partial charge in [0.15, 0.2) is 0 Å². The average molecular weight is 350 g/mol. The third-order valence-electron chi connectivity index (χ3n) is 2.36. The monoisotopic (exact) mass is 348 g/mol. The van der Waals surface area contributed by atoms with E-state index in [9.17, 15) is 9.59 Å². The number of halogens is 3. The molecule has 1 aromatic heterocycles. The van der Waals surface area contributed by atoms with Gasteiger partial charge in [0.1, 0.15) is 0 Å². The van der Waals surface area contributed by atoms with Crippen molar-refractivity contribution >= 4 is 39.1 Å². The van der Waals surface area contributed by atoms with E-state index in [0.29, 0.717) is 15.6 Å². The van der Waals surface area contributed by atoms with E-state index < -0.39 is 11.2 Å². The number of benzene rings is 1. The molecule has 94 valence electrons. The second kappa shape index (κ2) is 5.30. The van der Waals surface area contributed by atoms with Gasteiger partial charge in [-0.25, -0.2) is 4.79 Å². The Morgan fingerprint density at radius 3 is 2.67 bits per heavy atom. The summed E-state index contributed by atoms with van der Waals surface area (Å²) in [6, 6.07) is 4.90. The number of rotatable bonds is 2. The minimum absolute atomic E-state index is 0.0869. The maximum atomic E-state index is 11.8. The Hall–Kier alpha value is -1.04. The molecule has 1 N–H and O–H groups in total. The highest BCUT2D eigenvalue weighted by Crippen LogP contribution is 2.21.